The van der Waals surface area contributed by atoms with Gasteiger partial charge in [-0.3, -0.25) is 4.79 Å². The summed E-state index contributed by atoms with van der Waals surface area (Å²) in [6, 6.07) is 14.9. The Morgan fingerprint density at radius 2 is 1.83 bits per heavy atom. The Morgan fingerprint density at radius 3 is 2.51 bits per heavy atom. The van der Waals surface area contributed by atoms with Gasteiger partial charge in [0.25, 0.3) is 15.9 Å². The predicted octanol–water partition coefficient (Wildman–Crippen LogP) is 6.39. The van der Waals surface area contributed by atoms with Crippen LogP contribution in [-0.4, -0.2) is 41.4 Å². The zero-order chi connectivity index (χ0) is 29.3. The van der Waals surface area contributed by atoms with Crippen LogP contribution in [0.15, 0.2) is 80.9 Å². The van der Waals surface area contributed by atoms with Crippen LogP contribution in [0.4, 0.5) is 5.88 Å². The van der Waals surface area contributed by atoms with Crippen molar-refractivity contribution in [2.45, 2.75) is 25.3 Å². The first-order chi connectivity index (χ1) is 19.5. The van der Waals surface area contributed by atoms with E-state index < -0.39 is 15.9 Å². The highest BCUT2D eigenvalue weighted by Gasteiger charge is 2.25. The van der Waals surface area contributed by atoms with Crippen molar-refractivity contribution in [1.82, 2.24) is 20.0 Å². The molecule has 0 aliphatic carbocycles. The van der Waals surface area contributed by atoms with Crippen LogP contribution in [-0.2, 0) is 16.6 Å². The zero-order valence-electron chi connectivity index (χ0n) is 22.1. The van der Waals surface area contributed by atoms with Gasteiger partial charge in [0.15, 0.2) is 0 Å². The molecule has 5 aromatic rings. The number of rotatable bonds is 8. The molecule has 0 unspecified atom stereocenters. The molecule has 2 aromatic carbocycles. The largest absolute Gasteiger partial charge is 0.445 e. The summed E-state index contributed by atoms with van der Waals surface area (Å²) in [7, 11) is -2.50. The molecule has 0 atom stereocenters. The molecule has 0 fully saturated rings. The van der Waals surface area contributed by atoms with Crippen molar-refractivity contribution in [1.29, 1.82) is 0 Å². The first-order valence-corrected chi connectivity index (χ1v) is 14.4. The maximum absolute atomic E-state index is 13.6. The van der Waals surface area contributed by atoms with Crippen LogP contribution in [0.1, 0.15) is 27.2 Å². The molecule has 0 aliphatic heterocycles. The lowest BCUT2D eigenvalue weighted by Crippen LogP contribution is -2.27. The average Bonchev–Trinajstić information content (AvgIpc) is 3.59. The van der Waals surface area contributed by atoms with Crippen LogP contribution >= 0.6 is 23.2 Å². The Morgan fingerprint density at radius 1 is 1.05 bits per heavy atom. The highest BCUT2D eigenvalue weighted by Crippen LogP contribution is 2.35. The fraction of sp³-hybridized carbons (Fsp3) is 0.143. The SMILES string of the molecule is Cc1noc(NS(=O)(=O)c2ccccc2-c2ccc(-c3ncco3)cc2CN(C)C(=O)c2ccc(Cl)nc2Cl)c1C. The summed E-state index contributed by atoms with van der Waals surface area (Å²) in [5, 5.41) is 3.97. The molecule has 41 heavy (non-hydrogen) atoms. The minimum atomic E-state index is -4.10. The van der Waals surface area contributed by atoms with Gasteiger partial charge in [-0.25, -0.2) is 23.1 Å². The second kappa shape index (κ2) is 11.4. The van der Waals surface area contributed by atoms with Gasteiger partial charge in [-0.2, -0.15) is 0 Å². The molecule has 3 aromatic heterocycles. The van der Waals surface area contributed by atoms with Gasteiger partial charge in [-0.1, -0.05) is 52.6 Å². The van der Waals surface area contributed by atoms with E-state index in [-0.39, 0.29) is 33.2 Å². The summed E-state index contributed by atoms with van der Waals surface area (Å²) in [4.78, 5) is 22.9. The Balaban J connectivity index is 1.58. The molecular formula is C28H23Cl2N5O5S. The monoisotopic (exact) mass is 611 g/mol. The molecule has 0 spiro atoms. The summed E-state index contributed by atoms with van der Waals surface area (Å²) in [6.45, 7) is 3.52. The highest BCUT2D eigenvalue weighted by molar-refractivity contribution is 7.92. The quantitative estimate of drug-likeness (QED) is 0.200. The van der Waals surface area contributed by atoms with E-state index in [0.29, 0.717) is 39.4 Å². The lowest BCUT2D eigenvalue weighted by atomic mass is 9.96. The Labute approximate surface area is 246 Å². The maximum atomic E-state index is 13.6. The van der Waals surface area contributed by atoms with Gasteiger partial charge in [0.1, 0.15) is 16.6 Å². The smallest absolute Gasteiger partial charge is 0.264 e. The number of oxazole rings is 1. The number of carbonyl (C=O) groups is 1. The van der Waals surface area contributed by atoms with E-state index in [1.807, 2.05) is 0 Å². The standard InChI is InChI=1S/C28H23Cl2N5O5S/c1-16-17(2)33-40-26(16)34-41(37,38)23-7-5-4-6-21(23)20-9-8-18(27-31-12-13-39-27)14-19(20)15-35(3)28(36)22-10-11-24(29)32-25(22)30/h4-14,34H,15H2,1-3H3. The summed E-state index contributed by atoms with van der Waals surface area (Å²) in [5.41, 5.74) is 3.59. The van der Waals surface area contributed by atoms with Crippen molar-refractivity contribution >= 4 is 45.0 Å². The average molecular weight is 612 g/mol. The molecule has 0 saturated heterocycles. The van der Waals surface area contributed by atoms with Gasteiger partial charge in [0, 0.05) is 30.3 Å². The van der Waals surface area contributed by atoms with Gasteiger partial charge in [0.05, 0.1) is 22.3 Å². The van der Waals surface area contributed by atoms with Gasteiger partial charge in [0.2, 0.25) is 11.8 Å². The number of nitrogens with one attached hydrogen (secondary N) is 1. The van der Waals surface area contributed by atoms with Crippen molar-refractivity contribution in [3.05, 3.63) is 99.7 Å². The molecule has 0 bridgehead atoms. The normalized spacial score (nSPS) is 11.4. The van der Waals surface area contributed by atoms with E-state index >= 15 is 0 Å². The third-order valence-corrected chi connectivity index (χ3v) is 8.32. The van der Waals surface area contributed by atoms with Crippen molar-refractivity contribution in [3.8, 4) is 22.6 Å². The number of nitrogens with zero attached hydrogens (tertiary/aromatic N) is 4. The van der Waals surface area contributed by atoms with Gasteiger partial charge in [-0.15, -0.1) is 0 Å². The summed E-state index contributed by atoms with van der Waals surface area (Å²) in [6.07, 6.45) is 2.98. The molecule has 13 heteroatoms. The fourth-order valence-electron chi connectivity index (χ4n) is 4.20. The molecule has 0 saturated carbocycles. The van der Waals surface area contributed by atoms with Crippen molar-refractivity contribution in [3.63, 3.8) is 0 Å². The van der Waals surface area contributed by atoms with Gasteiger partial charge >= 0.3 is 0 Å². The molecule has 10 nitrogen and oxygen atoms in total. The Hall–Kier alpha value is -4.19. The number of anilines is 1. The van der Waals surface area contributed by atoms with Gasteiger partial charge in [-0.05, 0) is 55.3 Å². The highest BCUT2D eigenvalue weighted by atomic mass is 35.5. The van der Waals surface area contributed by atoms with Crippen LogP contribution in [0.5, 0.6) is 0 Å². The number of hydrogen-bond donors (Lipinski definition) is 1. The number of hydrogen-bond acceptors (Lipinski definition) is 8. The van der Waals surface area contributed by atoms with E-state index in [4.69, 9.17) is 32.1 Å². The molecule has 5 rings (SSSR count). The first kappa shape index (κ1) is 28.3. The number of amides is 1. The van der Waals surface area contributed by atoms with E-state index in [2.05, 4.69) is 19.8 Å². The third kappa shape index (κ3) is 5.83. The lowest BCUT2D eigenvalue weighted by Gasteiger charge is -2.21. The number of carbonyl (C=O) groups excluding carboxylic acids is 1. The van der Waals surface area contributed by atoms with Crippen LogP contribution < -0.4 is 4.72 Å². The number of sulfonamides is 1. The van der Waals surface area contributed by atoms with Gasteiger partial charge < -0.3 is 13.8 Å². The molecule has 3 heterocycles. The van der Waals surface area contributed by atoms with E-state index in [0.717, 1.165) is 0 Å². The molecule has 1 amide bonds. The van der Waals surface area contributed by atoms with Crippen LogP contribution in [0.2, 0.25) is 10.3 Å². The molecule has 210 valence electrons. The first-order valence-electron chi connectivity index (χ1n) is 12.2. The third-order valence-electron chi connectivity index (χ3n) is 6.43. The van der Waals surface area contributed by atoms with Crippen molar-refractivity contribution < 1.29 is 22.2 Å². The number of halogens is 2. The second-order valence-electron chi connectivity index (χ2n) is 9.17. The Kier molecular flexibility index (Phi) is 7.85. The fourth-order valence-corrected chi connectivity index (χ4v) is 5.90. The van der Waals surface area contributed by atoms with Crippen LogP contribution in [0, 0.1) is 13.8 Å². The Bertz CT molecular complexity index is 1860. The van der Waals surface area contributed by atoms with E-state index in [1.54, 1.807) is 57.3 Å². The summed E-state index contributed by atoms with van der Waals surface area (Å²) >= 11 is 12.1. The van der Waals surface area contributed by atoms with Crippen LogP contribution in [0.25, 0.3) is 22.6 Å². The number of pyridine rings is 1. The van der Waals surface area contributed by atoms with E-state index in [9.17, 15) is 13.2 Å². The number of benzene rings is 2. The summed E-state index contributed by atoms with van der Waals surface area (Å²) in [5.74, 6) is 0.0106. The minimum absolute atomic E-state index is 0.0116. The number of aromatic nitrogens is 3. The van der Waals surface area contributed by atoms with Crippen molar-refractivity contribution in [2.75, 3.05) is 11.8 Å². The second-order valence-corrected chi connectivity index (χ2v) is 11.6. The molecule has 0 radical (unpaired) electrons. The predicted molar refractivity (Wildman–Crippen MR) is 154 cm³/mol. The molecular weight excluding hydrogens is 589 g/mol. The molecule has 1 N–H and O–H groups in total. The van der Waals surface area contributed by atoms with Crippen molar-refractivity contribution in [2.24, 2.45) is 0 Å². The zero-order valence-corrected chi connectivity index (χ0v) is 24.4. The van der Waals surface area contributed by atoms with Crippen LogP contribution in [0.3, 0.4) is 0 Å². The molecule has 0 aliphatic rings. The summed E-state index contributed by atoms with van der Waals surface area (Å²) < 4.78 is 40.3. The van der Waals surface area contributed by atoms with E-state index in [1.165, 1.54) is 35.6 Å². The lowest BCUT2D eigenvalue weighted by molar-refractivity contribution is 0.0785. The number of aryl methyl sites for hydroxylation is 1. The maximum Gasteiger partial charge on any atom is 0.264 e. The minimum Gasteiger partial charge on any atom is -0.445 e. The topological polar surface area (TPSA) is 131 Å².